The van der Waals surface area contributed by atoms with Crippen LogP contribution in [0.15, 0.2) is 18.6 Å². The quantitative estimate of drug-likeness (QED) is 0.865. The fourth-order valence-corrected chi connectivity index (χ4v) is 3.29. The molecule has 1 aliphatic heterocycles. The van der Waals surface area contributed by atoms with E-state index in [1.54, 1.807) is 12.4 Å². The van der Waals surface area contributed by atoms with Gasteiger partial charge in [0.25, 0.3) is 0 Å². The number of fused-ring (bicyclic) bond motifs is 1. The number of nitrogen functional groups attached to an aromatic ring is 1. The average Bonchev–Trinajstić information content (AvgIpc) is 2.95. The zero-order chi connectivity index (χ0) is 11.7. The van der Waals surface area contributed by atoms with Gasteiger partial charge in [-0.05, 0) is 18.6 Å². The summed E-state index contributed by atoms with van der Waals surface area (Å²) in [5.74, 6) is 2.56. The summed E-state index contributed by atoms with van der Waals surface area (Å²) in [6.07, 6.45) is 8.01. The van der Waals surface area contributed by atoms with Crippen LogP contribution in [0.1, 0.15) is 12.8 Å². The van der Waals surface area contributed by atoms with Crippen molar-refractivity contribution in [1.29, 1.82) is 0 Å². The fraction of sp³-hybridized carbons (Fsp3) is 0.455. The molecule has 5 nitrogen and oxygen atoms in total. The van der Waals surface area contributed by atoms with Crippen LogP contribution >= 0.6 is 11.8 Å². The van der Waals surface area contributed by atoms with E-state index in [-0.39, 0.29) is 0 Å². The van der Waals surface area contributed by atoms with Gasteiger partial charge in [-0.15, -0.1) is 0 Å². The molecule has 0 amide bonds. The molecule has 0 saturated carbocycles. The zero-order valence-corrected chi connectivity index (χ0v) is 10.3. The number of hydrogen-bond donors (Lipinski definition) is 2. The van der Waals surface area contributed by atoms with Crippen LogP contribution < -0.4 is 11.1 Å². The van der Waals surface area contributed by atoms with Crippen molar-refractivity contribution in [2.45, 2.75) is 18.1 Å². The summed E-state index contributed by atoms with van der Waals surface area (Å²) in [6, 6.07) is 0. The molecule has 0 aromatic carbocycles. The molecule has 1 aliphatic rings. The first-order valence-corrected chi connectivity index (χ1v) is 6.82. The molecular weight excluding hydrogens is 234 g/mol. The Hall–Kier alpha value is -1.43. The highest BCUT2D eigenvalue weighted by Crippen LogP contribution is 2.26. The van der Waals surface area contributed by atoms with Gasteiger partial charge in [0, 0.05) is 24.2 Å². The molecule has 3 heterocycles. The summed E-state index contributed by atoms with van der Waals surface area (Å²) in [7, 11) is 0. The minimum absolute atomic E-state index is 0.511. The second-order valence-electron chi connectivity index (χ2n) is 4.19. The van der Waals surface area contributed by atoms with Crippen LogP contribution in [0, 0.1) is 0 Å². The molecule has 17 heavy (non-hydrogen) atoms. The molecule has 1 fully saturated rings. The summed E-state index contributed by atoms with van der Waals surface area (Å²) in [6.45, 7) is 0.934. The summed E-state index contributed by atoms with van der Waals surface area (Å²) in [5, 5.41) is 4.05. The molecule has 0 spiro atoms. The summed E-state index contributed by atoms with van der Waals surface area (Å²) < 4.78 is 1.90. The number of rotatable bonds is 3. The SMILES string of the molecule is Nc1cn2ccnc2c(NCC2CCCS2)n1. The lowest BCUT2D eigenvalue weighted by Gasteiger charge is -2.11. The second-order valence-corrected chi connectivity index (χ2v) is 5.60. The van der Waals surface area contributed by atoms with E-state index in [2.05, 4.69) is 15.3 Å². The third kappa shape index (κ3) is 2.17. The van der Waals surface area contributed by atoms with Gasteiger partial charge in [0.05, 0.1) is 6.20 Å². The van der Waals surface area contributed by atoms with Crippen molar-refractivity contribution in [3.05, 3.63) is 18.6 Å². The van der Waals surface area contributed by atoms with Gasteiger partial charge in [-0.1, -0.05) is 0 Å². The Labute approximate surface area is 104 Å². The Kier molecular flexibility index (Phi) is 2.80. The Morgan fingerprint density at radius 2 is 2.53 bits per heavy atom. The van der Waals surface area contributed by atoms with E-state index in [1.807, 2.05) is 22.4 Å². The highest BCUT2D eigenvalue weighted by Gasteiger charge is 2.16. The van der Waals surface area contributed by atoms with Gasteiger partial charge in [0.2, 0.25) is 0 Å². The zero-order valence-electron chi connectivity index (χ0n) is 9.47. The first-order valence-electron chi connectivity index (χ1n) is 5.77. The van der Waals surface area contributed by atoms with E-state index in [0.717, 1.165) is 18.0 Å². The number of aromatic nitrogens is 3. The minimum atomic E-state index is 0.511. The largest absolute Gasteiger partial charge is 0.382 e. The van der Waals surface area contributed by atoms with Crippen molar-refractivity contribution in [1.82, 2.24) is 14.4 Å². The minimum Gasteiger partial charge on any atom is -0.382 e. The molecule has 1 atom stereocenters. The van der Waals surface area contributed by atoms with Gasteiger partial charge in [-0.3, -0.25) is 0 Å². The molecule has 2 aromatic rings. The van der Waals surface area contributed by atoms with Gasteiger partial charge in [0.15, 0.2) is 11.5 Å². The highest BCUT2D eigenvalue weighted by atomic mass is 32.2. The van der Waals surface area contributed by atoms with Crippen molar-refractivity contribution in [3.8, 4) is 0 Å². The van der Waals surface area contributed by atoms with Crippen molar-refractivity contribution < 1.29 is 0 Å². The maximum atomic E-state index is 5.76. The van der Waals surface area contributed by atoms with Gasteiger partial charge in [0.1, 0.15) is 5.82 Å². The number of nitrogens with one attached hydrogen (secondary N) is 1. The predicted molar refractivity (Wildman–Crippen MR) is 71.4 cm³/mol. The van der Waals surface area contributed by atoms with Gasteiger partial charge < -0.3 is 15.5 Å². The Balaban J connectivity index is 1.81. The molecule has 0 radical (unpaired) electrons. The number of anilines is 2. The molecule has 0 aliphatic carbocycles. The fourth-order valence-electron chi connectivity index (χ4n) is 2.09. The molecule has 90 valence electrons. The lowest BCUT2D eigenvalue weighted by molar-refractivity contribution is 0.803. The summed E-state index contributed by atoms with van der Waals surface area (Å²) in [5.41, 5.74) is 6.60. The van der Waals surface area contributed by atoms with Crippen molar-refractivity contribution >= 4 is 29.0 Å². The van der Waals surface area contributed by atoms with E-state index in [9.17, 15) is 0 Å². The number of thioether (sulfide) groups is 1. The first kappa shape index (κ1) is 10.7. The first-order chi connectivity index (χ1) is 8.33. The summed E-state index contributed by atoms with van der Waals surface area (Å²) >= 11 is 2.02. The van der Waals surface area contributed by atoms with Crippen molar-refractivity contribution in [2.24, 2.45) is 0 Å². The van der Waals surface area contributed by atoms with Crippen LogP contribution in [0.3, 0.4) is 0 Å². The maximum absolute atomic E-state index is 5.76. The topological polar surface area (TPSA) is 68.2 Å². The van der Waals surface area contributed by atoms with E-state index in [0.29, 0.717) is 11.1 Å². The van der Waals surface area contributed by atoms with Crippen LogP contribution in [0.2, 0.25) is 0 Å². The molecule has 3 N–H and O–H groups in total. The third-order valence-corrected chi connectivity index (χ3v) is 4.31. The Bertz CT molecular complexity index is 518. The van der Waals surface area contributed by atoms with Crippen LogP contribution in [0.25, 0.3) is 5.65 Å². The van der Waals surface area contributed by atoms with Crippen molar-refractivity contribution in [2.75, 3.05) is 23.3 Å². The second kappa shape index (κ2) is 4.44. The number of imidazole rings is 1. The van der Waals surface area contributed by atoms with E-state index in [1.165, 1.54) is 18.6 Å². The average molecular weight is 249 g/mol. The number of nitrogens with zero attached hydrogens (tertiary/aromatic N) is 3. The van der Waals surface area contributed by atoms with E-state index >= 15 is 0 Å². The van der Waals surface area contributed by atoms with Gasteiger partial charge in [-0.25, -0.2) is 9.97 Å². The third-order valence-electron chi connectivity index (χ3n) is 2.91. The van der Waals surface area contributed by atoms with Crippen molar-refractivity contribution in [3.63, 3.8) is 0 Å². The molecule has 2 aromatic heterocycles. The normalized spacial score (nSPS) is 19.9. The number of hydrogen-bond acceptors (Lipinski definition) is 5. The molecule has 3 rings (SSSR count). The predicted octanol–water partition coefficient (Wildman–Crippen LogP) is 1.62. The lowest BCUT2D eigenvalue weighted by Crippen LogP contribution is -2.15. The monoisotopic (exact) mass is 249 g/mol. The molecule has 1 saturated heterocycles. The van der Waals surface area contributed by atoms with Gasteiger partial charge in [-0.2, -0.15) is 11.8 Å². The standard InChI is InChI=1S/C11H15N5S/c12-9-7-16-4-3-13-11(16)10(15-9)14-6-8-2-1-5-17-8/h3-4,7-8H,1-2,5-6,12H2,(H,14,15). The number of nitrogens with two attached hydrogens (primary N) is 1. The highest BCUT2D eigenvalue weighted by molar-refractivity contribution is 8.00. The van der Waals surface area contributed by atoms with Gasteiger partial charge >= 0.3 is 0 Å². The van der Waals surface area contributed by atoms with Crippen LogP contribution in [-0.4, -0.2) is 31.9 Å². The Morgan fingerprint density at radius 3 is 3.35 bits per heavy atom. The van der Waals surface area contributed by atoms with Crippen LogP contribution in [-0.2, 0) is 0 Å². The molecule has 6 heteroatoms. The molecule has 0 bridgehead atoms. The van der Waals surface area contributed by atoms with Crippen LogP contribution in [0.5, 0.6) is 0 Å². The molecule has 1 unspecified atom stereocenters. The Morgan fingerprint density at radius 1 is 1.59 bits per heavy atom. The maximum Gasteiger partial charge on any atom is 0.180 e. The van der Waals surface area contributed by atoms with E-state index in [4.69, 9.17) is 5.73 Å². The van der Waals surface area contributed by atoms with E-state index < -0.39 is 0 Å². The van der Waals surface area contributed by atoms with Crippen LogP contribution in [0.4, 0.5) is 11.6 Å². The molecular formula is C11H15N5S. The summed E-state index contributed by atoms with van der Waals surface area (Å²) in [4.78, 5) is 8.59. The smallest absolute Gasteiger partial charge is 0.180 e. The lowest BCUT2D eigenvalue weighted by atomic mass is 10.2.